The Labute approximate surface area is 245 Å². The van der Waals surface area contributed by atoms with Crippen LogP contribution in [0, 0.1) is 0 Å². The Morgan fingerprint density at radius 2 is 1.35 bits per heavy atom. The highest BCUT2D eigenvalue weighted by Crippen LogP contribution is 2.31. The lowest BCUT2D eigenvalue weighted by molar-refractivity contribution is -0.341. The fraction of sp³-hybridized carbons (Fsp3) is 0.833. The summed E-state index contributed by atoms with van der Waals surface area (Å²) in [5.74, 6) is -2.13. The summed E-state index contributed by atoms with van der Waals surface area (Å²) in [6.07, 6.45) is -18.8. The van der Waals surface area contributed by atoms with Crippen LogP contribution >= 0.6 is 0 Å². The summed E-state index contributed by atoms with van der Waals surface area (Å²) >= 11 is 0. The molecule has 2 rings (SSSR count). The standard InChI is InChI=1S/C24H41N3O16/c1-8(32)25-11(4-28)17(36)21(12(35)5-29)42-24-16(27-10(3)34)20(39)22(14(7-31)41-24)43-23-15(26-9(2)33)19(38)18(37)13(6-30)40-23/h4,11-24,29-31,35-39H,5-7H2,1-3H3,(H,25,32)(H,26,33)(H,27,34)/t11-,12+,13+,14+,15+,16+,17+,18+,19+,20+,21+,22+,23-,24-/m0/s1. The van der Waals surface area contributed by atoms with E-state index < -0.39 is 123 Å². The summed E-state index contributed by atoms with van der Waals surface area (Å²) in [5, 5.41) is 89.2. The number of ether oxygens (including phenoxy) is 4. The molecule has 0 saturated carbocycles. The van der Waals surface area contributed by atoms with Crippen molar-refractivity contribution in [1.82, 2.24) is 16.0 Å². The van der Waals surface area contributed by atoms with Crippen LogP contribution in [0.4, 0.5) is 0 Å². The molecule has 2 saturated heterocycles. The zero-order valence-electron chi connectivity index (χ0n) is 23.6. The van der Waals surface area contributed by atoms with E-state index in [0.29, 0.717) is 0 Å². The Hall–Kier alpha value is -2.40. The lowest BCUT2D eigenvalue weighted by Gasteiger charge is -2.48. The lowest BCUT2D eigenvalue weighted by atomic mass is 9.94. The molecule has 19 nitrogen and oxygen atoms in total. The summed E-state index contributed by atoms with van der Waals surface area (Å²) < 4.78 is 22.6. The Bertz CT molecular complexity index is 944. The number of nitrogens with one attached hydrogen (secondary N) is 3. The molecule has 0 aromatic rings. The first-order valence-electron chi connectivity index (χ1n) is 13.3. The number of aliphatic hydroxyl groups excluding tert-OH is 8. The molecule has 0 spiro atoms. The summed E-state index contributed by atoms with van der Waals surface area (Å²) in [5.41, 5.74) is 0. The van der Waals surface area contributed by atoms with Gasteiger partial charge in [-0.05, 0) is 0 Å². The van der Waals surface area contributed by atoms with E-state index >= 15 is 0 Å². The van der Waals surface area contributed by atoms with Crippen molar-refractivity contribution in [3.05, 3.63) is 0 Å². The van der Waals surface area contributed by atoms with Gasteiger partial charge in [0.15, 0.2) is 12.6 Å². The summed E-state index contributed by atoms with van der Waals surface area (Å²) in [6.45, 7) is 0.540. The number of carbonyl (C=O) groups is 4. The summed E-state index contributed by atoms with van der Waals surface area (Å²) in [4.78, 5) is 46.8. The molecular formula is C24H41N3O16. The van der Waals surface area contributed by atoms with Crippen molar-refractivity contribution in [2.45, 2.75) is 106 Å². The first-order valence-corrected chi connectivity index (χ1v) is 13.3. The van der Waals surface area contributed by atoms with Crippen molar-refractivity contribution in [2.75, 3.05) is 19.8 Å². The van der Waals surface area contributed by atoms with Gasteiger partial charge in [-0.15, -0.1) is 0 Å². The number of amides is 3. The average Bonchev–Trinajstić information content (AvgIpc) is 2.95. The number of rotatable bonds is 14. The van der Waals surface area contributed by atoms with Gasteiger partial charge in [-0.1, -0.05) is 0 Å². The van der Waals surface area contributed by atoms with Crippen LogP contribution in [-0.2, 0) is 38.1 Å². The molecule has 2 heterocycles. The van der Waals surface area contributed by atoms with Gasteiger partial charge in [0.1, 0.15) is 79.3 Å². The van der Waals surface area contributed by atoms with Crippen molar-refractivity contribution < 1.29 is 79.0 Å². The zero-order chi connectivity index (χ0) is 32.6. The van der Waals surface area contributed by atoms with E-state index in [2.05, 4.69) is 16.0 Å². The maximum Gasteiger partial charge on any atom is 0.217 e. The third kappa shape index (κ3) is 9.30. The molecule has 0 radical (unpaired) electrons. The SMILES string of the molecule is CC(=O)N[C@H]1[C@H](O[C@@H]([C@H](O)[C@H](C=O)NC(C)=O)[C@H](O)CO)O[C@H](CO)[C@@H](O[C@@H]2O[C@H](CO)[C@@H](O)[C@H](O)[C@H]2NC(C)=O)[C@@H]1O. The van der Waals surface area contributed by atoms with Crippen LogP contribution in [0.3, 0.4) is 0 Å². The van der Waals surface area contributed by atoms with Crippen LogP contribution in [0.15, 0.2) is 0 Å². The molecule has 2 fully saturated rings. The van der Waals surface area contributed by atoms with Gasteiger partial charge in [0.25, 0.3) is 0 Å². The molecule has 0 unspecified atom stereocenters. The van der Waals surface area contributed by atoms with Gasteiger partial charge in [-0.2, -0.15) is 0 Å². The van der Waals surface area contributed by atoms with E-state index in [4.69, 9.17) is 18.9 Å². The fourth-order valence-corrected chi connectivity index (χ4v) is 4.78. The quantitative estimate of drug-likeness (QED) is 0.0797. The minimum absolute atomic E-state index is 0.148. The van der Waals surface area contributed by atoms with Gasteiger partial charge in [0, 0.05) is 20.8 Å². The van der Waals surface area contributed by atoms with Crippen LogP contribution in [0.5, 0.6) is 0 Å². The van der Waals surface area contributed by atoms with Gasteiger partial charge in [0.05, 0.1) is 19.8 Å². The number of aldehydes is 1. The lowest BCUT2D eigenvalue weighted by Crippen LogP contribution is -2.70. The van der Waals surface area contributed by atoms with Crippen molar-refractivity contribution in [2.24, 2.45) is 0 Å². The van der Waals surface area contributed by atoms with E-state index in [-0.39, 0.29) is 6.29 Å². The monoisotopic (exact) mass is 627 g/mol. The van der Waals surface area contributed by atoms with Crippen molar-refractivity contribution in [1.29, 1.82) is 0 Å². The Balaban J connectivity index is 2.42. The Morgan fingerprint density at radius 1 is 0.814 bits per heavy atom. The highest BCUT2D eigenvalue weighted by atomic mass is 16.7. The largest absolute Gasteiger partial charge is 0.394 e. The van der Waals surface area contributed by atoms with Gasteiger partial charge >= 0.3 is 0 Å². The van der Waals surface area contributed by atoms with Crippen molar-refractivity contribution in [3.8, 4) is 0 Å². The third-order valence-electron chi connectivity index (χ3n) is 6.84. The minimum atomic E-state index is -1.98. The highest BCUT2D eigenvalue weighted by Gasteiger charge is 2.53. The normalized spacial score (nSPS) is 35.6. The van der Waals surface area contributed by atoms with Crippen LogP contribution in [0.2, 0.25) is 0 Å². The molecule has 2 aliphatic heterocycles. The van der Waals surface area contributed by atoms with Gasteiger partial charge in [-0.3, -0.25) is 14.4 Å². The number of hydrogen-bond acceptors (Lipinski definition) is 16. The number of aliphatic hydroxyl groups is 8. The molecular weight excluding hydrogens is 586 g/mol. The maximum atomic E-state index is 12.1. The molecule has 0 aromatic heterocycles. The molecule has 2 aliphatic rings. The minimum Gasteiger partial charge on any atom is -0.394 e. The van der Waals surface area contributed by atoms with E-state index in [9.17, 15) is 60.0 Å². The smallest absolute Gasteiger partial charge is 0.217 e. The first-order chi connectivity index (χ1) is 20.2. The highest BCUT2D eigenvalue weighted by molar-refractivity contribution is 5.77. The second-order valence-corrected chi connectivity index (χ2v) is 10.2. The van der Waals surface area contributed by atoms with Crippen LogP contribution in [-0.4, -0.2) is 170 Å². The Kier molecular flexibility index (Phi) is 14.2. The van der Waals surface area contributed by atoms with E-state index in [1.807, 2.05) is 0 Å². The molecule has 0 aliphatic carbocycles. The van der Waals surface area contributed by atoms with E-state index in [1.165, 1.54) is 0 Å². The van der Waals surface area contributed by atoms with Gasteiger partial charge < -0.3 is 80.5 Å². The van der Waals surface area contributed by atoms with E-state index in [0.717, 1.165) is 20.8 Å². The first kappa shape index (κ1) is 36.8. The molecule has 11 N–H and O–H groups in total. The van der Waals surface area contributed by atoms with Gasteiger partial charge in [-0.25, -0.2) is 0 Å². The molecule has 19 heteroatoms. The van der Waals surface area contributed by atoms with Crippen LogP contribution in [0.1, 0.15) is 20.8 Å². The topological polar surface area (TPSA) is 303 Å². The summed E-state index contributed by atoms with van der Waals surface area (Å²) in [7, 11) is 0. The number of hydrogen-bond donors (Lipinski definition) is 11. The maximum absolute atomic E-state index is 12.1. The molecule has 14 atom stereocenters. The fourth-order valence-electron chi connectivity index (χ4n) is 4.78. The predicted octanol–water partition coefficient (Wildman–Crippen LogP) is -7.30. The molecule has 43 heavy (non-hydrogen) atoms. The number of carbonyl (C=O) groups excluding carboxylic acids is 4. The second kappa shape index (κ2) is 16.6. The van der Waals surface area contributed by atoms with Crippen molar-refractivity contribution in [3.63, 3.8) is 0 Å². The van der Waals surface area contributed by atoms with Gasteiger partial charge in [0.2, 0.25) is 17.7 Å². The summed E-state index contributed by atoms with van der Waals surface area (Å²) in [6, 6.07) is -4.66. The second-order valence-electron chi connectivity index (χ2n) is 10.2. The zero-order valence-corrected chi connectivity index (χ0v) is 23.6. The van der Waals surface area contributed by atoms with Crippen LogP contribution < -0.4 is 16.0 Å². The molecule has 0 bridgehead atoms. The van der Waals surface area contributed by atoms with Crippen molar-refractivity contribution >= 4 is 24.0 Å². The molecule has 248 valence electrons. The third-order valence-corrected chi connectivity index (χ3v) is 6.84. The molecule has 0 aromatic carbocycles. The predicted molar refractivity (Wildman–Crippen MR) is 137 cm³/mol. The average molecular weight is 628 g/mol. The van der Waals surface area contributed by atoms with E-state index in [1.54, 1.807) is 0 Å². The van der Waals surface area contributed by atoms with Crippen LogP contribution in [0.25, 0.3) is 0 Å². The Morgan fingerprint density at radius 3 is 1.81 bits per heavy atom. The molecule has 3 amide bonds.